The van der Waals surface area contributed by atoms with E-state index in [1.54, 1.807) is 41.5 Å². The lowest BCUT2D eigenvalue weighted by Gasteiger charge is -2.36. The summed E-state index contributed by atoms with van der Waals surface area (Å²) >= 11 is 0. The van der Waals surface area contributed by atoms with Crippen molar-refractivity contribution in [2.75, 3.05) is 44.7 Å². The van der Waals surface area contributed by atoms with Crippen molar-refractivity contribution >= 4 is 30.1 Å². The fourth-order valence-corrected chi connectivity index (χ4v) is 5.94. The van der Waals surface area contributed by atoms with Crippen molar-refractivity contribution in [2.24, 2.45) is 22.7 Å². The van der Waals surface area contributed by atoms with Crippen LogP contribution < -0.4 is 32.1 Å². The molecule has 1 aromatic rings. The van der Waals surface area contributed by atoms with Crippen LogP contribution in [0.5, 0.6) is 0 Å². The van der Waals surface area contributed by atoms with Gasteiger partial charge in [0.15, 0.2) is 0 Å². The summed E-state index contributed by atoms with van der Waals surface area (Å²) < 4.78 is 16.7. The molecule has 3 unspecified atom stereocenters. The summed E-state index contributed by atoms with van der Waals surface area (Å²) in [6.07, 6.45) is 1.20. The van der Waals surface area contributed by atoms with Gasteiger partial charge in [0, 0.05) is 37.9 Å². The van der Waals surface area contributed by atoms with Crippen LogP contribution in [0.2, 0.25) is 0 Å². The summed E-state index contributed by atoms with van der Waals surface area (Å²) in [5.41, 5.74) is -2.44. The summed E-state index contributed by atoms with van der Waals surface area (Å²) in [6.45, 7) is 24.0. The maximum Gasteiger partial charge on any atom is 0.407 e. The lowest BCUT2D eigenvalue weighted by Crippen LogP contribution is -2.52. The molecule has 304 valence electrons. The molecule has 0 aliphatic rings. The van der Waals surface area contributed by atoms with Crippen LogP contribution in [0.15, 0.2) is 10.9 Å². The smallest absolute Gasteiger partial charge is 0.407 e. The molecule has 1 rings (SSSR count). The molecule has 16 heteroatoms. The topological polar surface area (TPSA) is 222 Å². The van der Waals surface area contributed by atoms with E-state index in [0.29, 0.717) is 38.3 Å². The van der Waals surface area contributed by atoms with Gasteiger partial charge in [0.1, 0.15) is 17.8 Å². The molecule has 0 fully saturated rings. The minimum atomic E-state index is -1.19. The Morgan fingerprint density at radius 2 is 1.51 bits per heavy atom. The van der Waals surface area contributed by atoms with Crippen molar-refractivity contribution in [1.82, 2.24) is 31.2 Å². The van der Waals surface area contributed by atoms with Gasteiger partial charge in [-0.3, -0.25) is 19.9 Å². The van der Waals surface area contributed by atoms with Crippen LogP contribution in [0, 0.1) is 29.6 Å². The van der Waals surface area contributed by atoms with Gasteiger partial charge in [0.05, 0.1) is 12.7 Å². The van der Waals surface area contributed by atoms with Crippen LogP contribution in [-0.4, -0.2) is 95.9 Å². The molecule has 5 amide bonds. The first-order valence-electron chi connectivity index (χ1n) is 18.4. The van der Waals surface area contributed by atoms with Crippen LogP contribution in [-0.2, 0) is 19.0 Å². The quantitative estimate of drug-likeness (QED) is 0.0871. The number of carbonyl (C=O) groups is 4. The summed E-state index contributed by atoms with van der Waals surface area (Å²) in [4.78, 5) is 68.0. The number of urea groups is 1. The number of hydrogen-bond acceptors (Lipinski definition) is 10. The van der Waals surface area contributed by atoms with Gasteiger partial charge in [0.2, 0.25) is 5.95 Å². The van der Waals surface area contributed by atoms with Gasteiger partial charge in [-0.2, -0.15) is 0 Å². The average Bonchev–Trinajstić information content (AvgIpc) is 3.00. The van der Waals surface area contributed by atoms with Crippen molar-refractivity contribution in [2.45, 2.75) is 126 Å². The van der Waals surface area contributed by atoms with E-state index in [1.165, 1.54) is 6.07 Å². The molecule has 0 spiro atoms. The van der Waals surface area contributed by atoms with Gasteiger partial charge in [-0.25, -0.2) is 19.4 Å². The second-order valence-corrected chi connectivity index (χ2v) is 16.7. The molecule has 0 radical (unpaired) electrons. The Bertz CT molecular complexity index is 1390. The SMILES string of the molecule is Cc1cc(=O)[nH]c(NC(=O)NCC(C)CC(C)(C)CCNC(=O)OC(C)(C)C(C)OC(C)(C)C(=O)NCCC(C)CC(C)(C)CNC(=O)OCCO)n1. The third-order valence-corrected chi connectivity index (χ3v) is 8.90. The van der Waals surface area contributed by atoms with Gasteiger partial charge in [-0.15, -0.1) is 0 Å². The summed E-state index contributed by atoms with van der Waals surface area (Å²) in [6, 6.07) is 0.871. The highest BCUT2D eigenvalue weighted by molar-refractivity contribution is 5.87. The van der Waals surface area contributed by atoms with Crippen LogP contribution in [0.25, 0.3) is 0 Å². The zero-order valence-electron chi connectivity index (χ0n) is 34.0. The Labute approximate surface area is 315 Å². The van der Waals surface area contributed by atoms with Gasteiger partial charge in [-0.05, 0) is 89.9 Å². The second kappa shape index (κ2) is 21.1. The predicted octanol–water partition coefficient (Wildman–Crippen LogP) is 4.61. The molecular weight excluding hydrogens is 686 g/mol. The first-order valence-corrected chi connectivity index (χ1v) is 18.4. The molecule has 0 aliphatic carbocycles. The summed E-state index contributed by atoms with van der Waals surface area (Å²) in [5, 5.41) is 22.6. The Kier molecular flexibility index (Phi) is 18.7. The fourth-order valence-electron chi connectivity index (χ4n) is 5.94. The molecular formula is C37H67N7O9. The first kappa shape index (κ1) is 47.1. The Morgan fingerprint density at radius 1 is 0.868 bits per heavy atom. The normalized spacial score (nSPS) is 14.0. The number of alkyl carbamates (subject to hydrolysis) is 2. The number of rotatable bonds is 22. The van der Waals surface area contributed by atoms with Crippen LogP contribution in [0.1, 0.15) is 108 Å². The zero-order chi connectivity index (χ0) is 40.6. The average molecular weight is 754 g/mol. The van der Waals surface area contributed by atoms with Crippen molar-refractivity contribution in [3.63, 3.8) is 0 Å². The third kappa shape index (κ3) is 19.6. The molecule has 1 heterocycles. The molecule has 53 heavy (non-hydrogen) atoms. The monoisotopic (exact) mass is 754 g/mol. The maximum atomic E-state index is 13.1. The molecule has 0 saturated heterocycles. The molecule has 0 bridgehead atoms. The Hall–Kier alpha value is -3.92. The van der Waals surface area contributed by atoms with Crippen LogP contribution in [0.3, 0.4) is 0 Å². The number of H-pyrrole nitrogens is 1. The number of hydrogen-bond donors (Lipinski definition) is 7. The maximum absolute atomic E-state index is 13.1. The van der Waals surface area contributed by atoms with Crippen molar-refractivity contribution in [1.29, 1.82) is 0 Å². The Morgan fingerprint density at radius 3 is 2.13 bits per heavy atom. The number of aliphatic hydroxyl groups is 1. The number of aryl methyl sites for hydroxylation is 1. The molecule has 0 aromatic carbocycles. The predicted molar refractivity (Wildman–Crippen MR) is 204 cm³/mol. The number of ether oxygens (including phenoxy) is 3. The third-order valence-electron chi connectivity index (χ3n) is 8.90. The van der Waals surface area contributed by atoms with E-state index in [-0.39, 0.29) is 53.3 Å². The molecule has 3 atom stereocenters. The molecule has 0 aliphatic heterocycles. The zero-order valence-corrected chi connectivity index (χ0v) is 34.0. The van der Waals surface area contributed by atoms with E-state index in [0.717, 1.165) is 19.3 Å². The number of aromatic amines is 1. The molecule has 1 aromatic heterocycles. The Balaban J connectivity index is 2.45. The number of nitrogens with zero attached hydrogens (tertiary/aromatic N) is 1. The van der Waals surface area contributed by atoms with E-state index in [9.17, 15) is 24.0 Å². The number of aliphatic hydroxyl groups excluding tert-OH is 1. The van der Waals surface area contributed by atoms with E-state index in [1.807, 2.05) is 20.8 Å². The van der Waals surface area contributed by atoms with E-state index in [2.05, 4.69) is 57.3 Å². The van der Waals surface area contributed by atoms with Gasteiger partial charge >= 0.3 is 18.2 Å². The lowest BCUT2D eigenvalue weighted by atomic mass is 9.80. The van der Waals surface area contributed by atoms with Gasteiger partial charge in [-0.1, -0.05) is 41.5 Å². The van der Waals surface area contributed by atoms with E-state index >= 15 is 0 Å². The fraction of sp³-hybridized carbons (Fsp3) is 0.784. The van der Waals surface area contributed by atoms with Crippen LogP contribution >= 0.6 is 0 Å². The number of amides is 5. The van der Waals surface area contributed by atoms with Crippen LogP contribution in [0.4, 0.5) is 20.3 Å². The highest BCUT2D eigenvalue weighted by atomic mass is 16.6. The first-order chi connectivity index (χ1) is 24.4. The molecule has 16 nitrogen and oxygen atoms in total. The van der Waals surface area contributed by atoms with Crippen molar-refractivity contribution in [3.8, 4) is 0 Å². The van der Waals surface area contributed by atoms with E-state index < -0.39 is 35.5 Å². The minimum Gasteiger partial charge on any atom is -0.447 e. The van der Waals surface area contributed by atoms with Gasteiger partial charge in [0.25, 0.3) is 11.5 Å². The highest BCUT2D eigenvalue weighted by Crippen LogP contribution is 2.29. The second-order valence-electron chi connectivity index (χ2n) is 16.7. The number of anilines is 1. The minimum absolute atomic E-state index is 0.0483. The van der Waals surface area contributed by atoms with Gasteiger partial charge < -0.3 is 40.6 Å². The lowest BCUT2D eigenvalue weighted by molar-refractivity contribution is -0.167. The standard InChI is InChI=1S/C37H67N7O9/c1-24(20-35(7,8)23-41-32(49)51-18-17-45)13-15-38-29(47)37(11,12)52-27(4)36(9,10)53-33(50)39-16-14-34(5,6)21-25(2)22-40-31(48)44-30-42-26(3)19-28(46)43-30/h19,24-25,27,45H,13-18,20-23H2,1-12H3,(H,38,47)(H,39,50)(H,41,49)(H3,40,42,43,44,46,48). The highest BCUT2D eigenvalue weighted by Gasteiger charge is 2.38. The van der Waals surface area contributed by atoms with Crippen molar-refractivity contribution in [3.05, 3.63) is 22.1 Å². The number of aromatic nitrogens is 2. The van der Waals surface area contributed by atoms with Crippen molar-refractivity contribution < 1.29 is 38.5 Å². The largest absolute Gasteiger partial charge is 0.447 e. The summed E-state index contributed by atoms with van der Waals surface area (Å²) in [7, 11) is 0. The number of carbonyl (C=O) groups excluding carboxylic acids is 4. The van der Waals surface area contributed by atoms with E-state index in [4.69, 9.17) is 19.3 Å². The molecule has 0 saturated carbocycles. The number of nitrogens with one attached hydrogen (secondary N) is 6. The molecule has 7 N–H and O–H groups in total. The summed E-state index contributed by atoms with van der Waals surface area (Å²) in [5.74, 6) is 0.191.